The largest absolute Gasteiger partial charge is 0.313 e. The molecule has 0 bridgehead atoms. The number of aromatic nitrogens is 3. The summed E-state index contributed by atoms with van der Waals surface area (Å²) in [5.41, 5.74) is 0.843. The summed E-state index contributed by atoms with van der Waals surface area (Å²) in [6.45, 7) is 6.31. The molecule has 25 heavy (non-hydrogen) atoms. The molecule has 1 atom stereocenters. The Hall–Kier alpha value is -2.24. The van der Waals surface area contributed by atoms with E-state index in [2.05, 4.69) is 14.9 Å². The molecule has 0 amide bonds. The maximum Gasteiger partial charge on any atom is 0.242 e. The zero-order valence-electron chi connectivity index (χ0n) is 14.5. The number of nitriles is 1. The molecule has 132 valence electrons. The summed E-state index contributed by atoms with van der Waals surface area (Å²) in [7, 11) is -3.77. The Morgan fingerprint density at radius 2 is 2.12 bits per heavy atom. The molecule has 0 radical (unpaired) electrons. The minimum Gasteiger partial charge on any atom is -0.313 e. The zero-order valence-corrected chi connectivity index (χ0v) is 15.3. The van der Waals surface area contributed by atoms with E-state index in [9.17, 15) is 13.7 Å². The van der Waals surface area contributed by atoms with E-state index in [4.69, 9.17) is 0 Å². The lowest BCUT2D eigenvalue weighted by Gasteiger charge is -2.26. The molecule has 2 aromatic rings. The molecule has 3 rings (SSSR count). The summed E-state index contributed by atoms with van der Waals surface area (Å²) >= 11 is 0. The van der Waals surface area contributed by atoms with Gasteiger partial charge in [-0.25, -0.2) is 13.1 Å². The summed E-state index contributed by atoms with van der Waals surface area (Å²) in [5.74, 6) is 1.98. The van der Waals surface area contributed by atoms with Gasteiger partial charge in [0.25, 0.3) is 0 Å². The summed E-state index contributed by atoms with van der Waals surface area (Å²) < 4.78 is 30.4. The minimum absolute atomic E-state index is 0.0358. The third-order valence-corrected chi connectivity index (χ3v) is 6.01. The third kappa shape index (κ3) is 3.30. The normalized spacial score (nSPS) is 17.3. The van der Waals surface area contributed by atoms with Gasteiger partial charge in [-0.3, -0.25) is 0 Å². The van der Waals surface area contributed by atoms with Crippen LogP contribution in [0.1, 0.15) is 49.0 Å². The van der Waals surface area contributed by atoms with Gasteiger partial charge < -0.3 is 4.57 Å². The smallest absolute Gasteiger partial charge is 0.242 e. The van der Waals surface area contributed by atoms with Crippen LogP contribution < -0.4 is 4.72 Å². The van der Waals surface area contributed by atoms with E-state index in [0.717, 1.165) is 11.6 Å². The zero-order chi connectivity index (χ0) is 18.2. The van der Waals surface area contributed by atoms with Gasteiger partial charge in [-0.1, -0.05) is 26.0 Å². The van der Waals surface area contributed by atoms with Crippen molar-refractivity contribution in [2.75, 3.05) is 0 Å². The average Bonchev–Trinajstić information content (AvgIpc) is 2.97. The molecule has 1 unspecified atom stereocenters. The highest BCUT2D eigenvalue weighted by molar-refractivity contribution is 7.89. The first kappa shape index (κ1) is 17.6. The first-order chi connectivity index (χ1) is 11.8. The molecule has 1 N–H and O–H groups in total. The average molecular weight is 359 g/mol. The molecule has 1 aliphatic rings. The highest BCUT2D eigenvalue weighted by Gasteiger charge is 2.29. The van der Waals surface area contributed by atoms with Crippen LogP contribution in [0.3, 0.4) is 0 Å². The van der Waals surface area contributed by atoms with Gasteiger partial charge in [-0.2, -0.15) is 5.26 Å². The number of nitrogens with one attached hydrogen (secondary N) is 1. The van der Waals surface area contributed by atoms with E-state index in [1.54, 1.807) is 19.1 Å². The topological polar surface area (TPSA) is 101 Å². The van der Waals surface area contributed by atoms with Crippen LogP contribution in [-0.2, 0) is 23.0 Å². The molecule has 1 aliphatic heterocycles. The van der Waals surface area contributed by atoms with Crippen LogP contribution in [0.25, 0.3) is 0 Å². The molecule has 8 heteroatoms. The highest BCUT2D eigenvalue weighted by atomic mass is 32.2. The third-order valence-electron chi connectivity index (χ3n) is 4.45. The van der Waals surface area contributed by atoms with Crippen molar-refractivity contribution in [3.8, 4) is 6.07 Å². The Bertz CT molecular complexity index is 940. The van der Waals surface area contributed by atoms with Crippen LogP contribution in [0, 0.1) is 18.3 Å². The number of nitrogens with zero attached hydrogens (tertiary/aromatic N) is 4. The second-order valence-corrected chi connectivity index (χ2v) is 8.34. The van der Waals surface area contributed by atoms with E-state index < -0.39 is 10.0 Å². The van der Waals surface area contributed by atoms with Crippen molar-refractivity contribution in [2.24, 2.45) is 0 Å². The second kappa shape index (κ2) is 6.58. The lowest BCUT2D eigenvalue weighted by Crippen LogP contribution is -2.41. The molecular formula is C17H21N5O2S. The van der Waals surface area contributed by atoms with Crippen LogP contribution in [-0.4, -0.2) is 29.2 Å². The summed E-state index contributed by atoms with van der Waals surface area (Å²) in [6, 6.07) is 6.61. The van der Waals surface area contributed by atoms with Crippen LogP contribution >= 0.6 is 0 Å². The van der Waals surface area contributed by atoms with Crippen LogP contribution in [0.4, 0.5) is 0 Å². The molecule has 0 fully saturated rings. The first-order valence-electron chi connectivity index (χ1n) is 8.27. The molecule has 0 saturated carbocycles. The fourth-order valence-electron chi connectivity index (χ4n) is 3.16. The number of fused-ring (bicyclic) bond motifs is 1. The van der Waals surface area contributed by atoms with Gasteiger partial charge in [0.1, 0.15) is 22.6 Å². The van der Waals surface area contributed by atoms with Crippen molar-refractivity contribution < 1.29 is 8.42 Å². The fourth-order valence-corrected chi connectivity index (χ4v) is 4.65. The van der Waals surface area contributed by atoms with Gasteiger partial charge in [-0.15, -0.1) is 10.2 Å². The van der Waals surface area contributed by atoms with Crippen LogP contribution in [0.5, 0.6) is 0 Å². The van der Waals surface area contributed by atoms with Crippen molar-refractivity contribution in [1.29, 1.82) is 5.26 Å². The first-order valence-corrected chi connectivity index (χ1v) is 9.76. The number of hydrogen-bond donors (Lipinski definition) is 1. The SMILES string of the molecule is Cc1cccc(S(=O)(=O)NC2CCc3nnc(C(C)C)n3C2)c1C#N. The monoisotopic (exact) mass is 359 g/mol. The quantitative estimate of drug-likeness (QED) is 0.898. The summed E-state index contributed by atoms with van der Waals surface area (Å²) in [4.78, 5) is 0.0358. The molecule has 1 aromatic carbocycles. The Balaban J connectivity index is 1.87. The summed E-state index contributed by atoms with van der Waals surface area (Å²) in [6.07, 6.45) is 1.33. The molecule has 0 spiro atoms. The van der Waals surface area contributed by atoms with Crippen molar-refractivity contribution in [2.45, 2.75) is 57.0 Å². The Labute approximate surface area is 147 Å². The van der Waals surface area contributed by atoms with Crippen molar-refractivity contribution in [3.05, 3.63) is 41.0 Å². The van der Waals surface area contributed by atoms with Gasteiger partial charge >= 0.3 is 0 Å². The molecule has 1 aromatic heterocycles. The fraction of sp³-hybridized carbons (Fsp3) is 0.471. The highest BCUT2D eigenvalue weighted by Crippen LogP contribution is 2.23. The minimum atomic E-state index is -3.77. The van der Waals surface area contributed by atoms with E-state index in [1.807, 2.05) is 24.5 Å². The standard InChI is InChI=1S/C17H21N5O2S/c1-11(2)17-20-19-16-8-7-13(10-22(16)17)21-25(23,24)15-6-4-5-12(3)14(15)9-18/h4-6,11,13,21H,7-8,10H2,1-3H3. The van der Waals surface area contributed by atoms with Crippen molar-refractivity contribution in [3.63, 3.8) is 0 Å². The Morgan fingerprint density at radius 3 is 2.80 bits per heavy atom. The van der Waals surface area contributed by atoms with Crippen molar-refractivity contribution >= 4 is 10.0 Å². The molecule has 2 heterocycles. The van der Waals surface area contributed by atoms with Crippen molar-refractivity contribution in [1.82, 2.24) is 19.5 Å². The van der Waals surface area contributed by atoms with E-state index in [1.165, 1.54) is 6.07 Å². The molecule has 0 aliphatic carbocycles. The summed E-state index contributed by atoms with van der Waals surface area (Å²) in [5, 5.41) is 17.7. The Morgan fingerprint density at radius 1 is 1.36 bits per heavy atom. The number of benzene rings is 1. The van der Waals surface area contributed by atoms with E-state index in [0.29, 0.717) is 24.9 Å². The number of sulfonamides is 1. The van der Waals surface area contributed by atoms with Gasteiger partial charge in [0.2, 0.25) is 10.0 Å². The predicted octanol–water partition coefficient (Wildman–Crippen LogP) is 1.87. The second-order valence-electron chi connectivity index (χ2n) is 6.66. The molecule has 0 saturated heterocycles. The van der Waals surface area contributed by atoms with Crippen LogP contribution in [0.2, 0.25) is 0 Å². The van der Waals surface area contributed by atoms with E-state index >= 15 is 0 Å². The maximum absolute atomic E-state index is 12.8. The van der Waals surface area contributed by atoms with Gasteiger partial charge in [0.05, 0.1) is 5.56 Å². The molecule has 7 nitrogen and oxygen atoms in total. The predicted molar refractivity (Wildman–Crippen MR) is 92.4 cm³/mol. The van der Waals surface area contributed by atoms with Gasteiger partial charge in [-0.05, 0) is 25.0 Å². The lowest BCUT2D eigenvalue weighted by atomic mass is 10.1. The lowest BCUT2D eigenvalue weighted by molar-refractivity contribution is 0.410. The Kier molecular flexibility index (Phi) is 4.62. The number of hydrogen-bond acceptors (Lipinski definition) is 5. The molecular weight excluding hydrogens is 338 g/mol. The number of aryl methyl sites for hydroxylation is 2. The van der Waals surface area contributed by atoms with Gasteiger partial charge in [0, 0.05) is 24.9 Å². The number of rotatable bonds is 4. The van der Waals surface area contributed by atoms with Gasteiger partial charge in [0.15, 0.2) is 0 Å². The van der Waals surface area contributed by atoms with E-state index in [-0.39, 0.29) is 22.4 Å². The maximum atomic E-state index is 12.8. The van der Waals surface area contributed by atoms with Crippen LogP contribution in [0.15, 0.2) is 23.1 Å².